The van der Waals surface area contributed by atoms with Gasteiger partial charge in [0.1, 0.15) is 5.75 Å². The molecule has 4 heteroatoms. The lowest BCUT2D eigenvalue weighted by Gasteiger charge is -2.14. The molecule has 18 heavy (non-hydrogen) atoms. The smallest absolute Gasteiger partial charge is 0.226 e. The highest BCUT2D eigenvalue weighted by Gasteiger charge is 2.10. The van der Waals surface area contributed by atoms with Gasteiger partial charge in [-0.1, -0.05) is 19.1 Å². The quantitative estimate of drug-likeness (QED) is 0.781. The summed E-state index contributed by atoms with van der Waals surface area (Å²) >= 11 is 0. The number of para-hydroxylation sites is 2. The normalized spacial score (nSPS) is 11.9. The summed E-state index contributed by atoms with van der Waals surface area (Å²) < 4.78 is 5.46. The molecular weight excluding hydrogens is 228 g/mol. The molecule has 0 spiro atoms. The molecule has 100 valence electrons. The van der Waals surface area contributed by atoms with Crippen LogP contribution in [0.3, 0.4) is 0 Å². The van der Waals surface area contributed by atoms with Crippen molar-refractivity contribution >= 4 is 11.6 Å². The van der Waals surface area contributed by atoms with E-state index in [0.29, 0.717) is 18.8 Å². The van der Waals surface area contributed by atoms with Gasteiger partial charge < -0.3 is 15.4 Å². The Balaban J connectivity index is 2.58. The molecule has 0 radical (unpaired) electrons. The summed E-state index contributed by atoms with van der Waals surface area (Å²) in [5.74, 6) is 0.708. The second-order valence-electron chi connectivity index (χ2n) is 4.14. The molecule has 0 heterocycles. The van der Waals surface area contributed by atoms with Crippen LogP contribution in [0.15, 0.2) is 24.3 Å². The number of anilines is 1. The molecule has 0 bridgehead atoms. The summed E-state index contributed by atoms with van der Waals surface area (Å²) in [6.45, 7) is 7.40. The van der Waals surface area contributed by atoms with Crippen LogP contribution in [0.25, 0.3) is 0 Å². The van der Waals surface area contributed by atoms with E-state index in [1.807, 2.05) is 45.0 Å². The van der Waals surface area contributed by atoms with Gasteiger partial charge >= 0.3 is 0 Å². The lowest BCUT2D eigenvalue weighted by atomic mass is 10.2. The van der Waals surface area contributed by atoms with E-state index in [2.05, 4.69) is 10.6 Å². The van der Waals surface area contributed by atoms with Crippen molar-refractivity contribution in [3.63, 3.8) is 0 Å². The molecule has 1 amide bonds. The predicted molar refractivity (Wildman–Crippen MR) is 74.0 cm³/mol. The van der Waals surface area contributed by atoms with Gasteiger partial charge in [0.05, 0.1) is 12.3 Å². The van der Waals surface area contributed by atoms with Crippen LogP contribution in [0.5, 0.6) is 5.75 Å². The monoisotopic (exact) mass is 250 g/mol. The summed E-state index contributed by atoms with van der Waals surface area (Å²) in [6.07, 6.45) is 0.453. The number of benzene rings is 1. The predicted octanol–water partition coefficient (Wildman–Crippen LogP) is 2.41. The third kappa shape index (κ3) is 4.75. The van der Waals surface area contributed by atoms with Crippen molar-refractivity contribution in [2.24, 2.45) is 0 Å². The van der Waals surface area contributed by atoms with Gasteiger partial charge in [-0.2, -0.15) is 0 Å². The molecule has 2 N–H and O–H groups in total. The van der Waals surface area contributed by atoms with Crippen LogP contribution in [-0.4, -0.2) is 25.1 Å². The van der Waals surface area contributed by atoms with Crippen LogP contribution in [0.1, 0.15) is 27.2 Å². The van der Waals surface area contributed by atoms with Gasteiger partial charge in [-0.15, -0.1) is 0 Å². The number of carbonyl (C=O) groups is 1. The Morgan fingerprint density at radius 3 is 2.72 bits per heavy atom. The Hall–Kier alpha value is -1.55. The van der Waals surface area contributed by atoms with Gasteiger partial charge in [-0.3, -0.25) is 4.79 Å². The highest BCUT2D eigenvalue weighted by Crippen LogP contribution is 2.23. The maximum Gasteiger partial charge on any atom is 0.226 e. The standard InChI is InChI=1S/C14H22N2O2/c1-4-15-11(3)10-14(17)16-12-8-6-7-9-13(12)18-5-2/h6-9,11,15H,4-5,10H2,1-3H3,(H,16,17). The Bertz CT molecular complexity index is 380. The van der Waals surface area contributed by atoms with Gasteiger partial charge in [0.15, 0.2) is 0 Å². The summed E-state index contributed by atoms with van der Waals surface area (Å²) in [4.78, 5) is 11.8. The van der Waals surface area contributed by atoms with Gasteiger partial charge in [-0.05, 0) is 32.5 Å². The van der Waals surface area contributed by atoms with Crippen LogP contribution >= 0.6 is 0 Å². The number of carbonyl (C=O) groups excluding carboxylic acids is 1. The third-order valence-electron chi connectivity index (χ3n) is 2.51. The first-order valence-electron chi connectivity index (χ1n) is 6.42. The van der Waals surface area contributed by atoms with Crippen molar-refractivity contribution in [1.82, 2.24) is 5.32 Å². The molecule has 0 aliphatic carbocycles. The highest BCUT2D eigenvalue weighted by molar-refractivity contribution is 5.92. The maximum atomic E-state index is 11.8. The molecule has 0 aliphatic heterocycles. The van der Waals surface area contributed by atoms with Gasteiger partial charge in [0, 0.05) is 12.5 Å². The van der Waals surface area contributed by atoms with E-state index in [1.54, 1.807) is 0 Å². The fourth-order valence-electron chi connectivity index (χ4n) is 1.75. The number of nitrogens with one attached hydrogen (secondary N) is 2. The lowest BCUT2D eigenvalue weighted by molar-refractivity contribution is -0.116. The van der Waals surface area contributed by atoms with E-state index >= 15 is 0 Å². The molecule has 0 aliphatic rings. The summed E-state index contributed by atoms with van der Waals surface area (Å²) in [6, 6.07) is 7.65. The summed E-state index contributed by atoms with van der Waals surface area (Å²) in [7, 11) is 0. The number of hydrogen-bond donors (Lipinski definition) is 2. The van der Waals surface area contributed by atoms with E-state index in [9.17, 15) is 4.79 Å². The zero-order valence-electron chi connectivity index (χ0n) is 11.3. The van der Waals surface area contributed by atoms with E-state index < -0.39 is 0 Å². The van der Waals surface area contributed by atoms with Gasteiger partial charge in [0.25, 0.3) is 0 Å². The number of hydrogen-bond acceptors (Lipinski definition) is 3. The Morgan fingerprint density at radius 1 is 1.33 bits per heavy atom. The molecule has 1 atom stereocenters. The summed E-state index contributed by atoms with van der Waals surface area (Å²) in [5.41, 5.74) is 0.730. The minimum absolute atomic E-state index is 0.00407. The summed E-state index contributed by atoms with van der Waals surface area (Å²) in [5, 5.41) is 6.09. The average Bonchev–Trinajstić information content (AvgIpc) is 2.32. The van der Waals surface area contributed by atoms with E-state index in [-0.39, 0.29) is 11.9 Å². The fourth-order valence-corrected chi connectivity index (χ4v) is 1.75. The van der Waals surface area contributed by atoms with Crippen molar-refractivity contribution in [3.8, 4) is 5.75 Å². The molecule has 1 aromatic rings. The largest absolute Gasteiger partial charge is 0.492 e. The van der Waals surface area contributed by atoms with Crippen molar-refractivity contribution < 1.29 is 9.53 Å². The fraction of sp³-hybridized carbons (Fsp3) is 0.500. The molecule has 4 nitrogen and oxygen atoms in total. The molecule has 0 saturated heterocycles. The molecule has 1 unspecified atom stereocenters. The van der Waals surface area contributed by atoms with Crippen LogP contribution in [0.4, 0.5) is 5.69 Å². The van der Waals surface area contributed by atoms with Gasteiger partial charge in [-0.25, -0.2) is 0 Å². The van der Waals surface area contributed by atoms with Crippen LogP contribution in [-0.2, 0) is 4.79 Å². The first-order valence-corrected chi connectivity index (χ1v) is 6.42. The van der Waals surface area contributed by atoms with Gasteiger partial charge in [0.2, 0.25) is 5.91 Å². The highest BCUT2D eigenvalue weighted by atomic mass is 16.5. The van der Waals surface area contributed by atoms with Crippen molar-refractivity contribution in [3.05, 3.63) is 24.3 Å². The molecule has 0 fully saturated rings. The molecule has 0 aromatic heterocycles. The Kier molecular flexibility index (Phi) is 6.22. The number of amides is 1. The molecule has 1 aromatic carbocycles. The Labute approximate surface area is 109 Å². The number of rotatable bonds is 7. The van der Waals surface area contributed by atoms with E-state index in [0.717, 1.165) is 12.2 Å². The molecule has 1 rings (SSSR count). The Morgan fingerprint density at radius 2 is 2.06 bits per heavy atom. The zero-order chi connectivity index (χ0) is 13.4. The van der Waals surface area contributed by atoms with Crippen LogP contribution < -0.4 is 15.4 Å². The second kappa shape index (κ2) is 7.71. The maximum absolute atomic E-state index is 11.8. The van der Waals surface area contributed by atoms with E-state index in [1.165, 1.54) is 0 Å². The molecule has 0 saturated carbocycles. The van der Waals surface area contributed by atoms with E-state index in [4.69, 9.17) is 4.74 Å². The topological polar surface area (TPSA) is 50.4 Å². The number of ether oxygens (including phenoxy) is 1. The average molecular weight is 250 g/mol. The lowest BCUT2D eigenvalue weighted by Crippen LogP contribution is -2.30. The van der Waals surface area contributed by atoms with Crippen LogP contribution in [0, 0.1) is 0 Å². The van der Waals surface area contributed by atoms with Crippen molar-refractivity contribution in [1.29, 1.82) is 0 Å². The van der Waals surface area contributed by atoms with Crippen molar-refractivity contribution in [2.75, 3.05) is 18.5 Å². The minimum atomic E-state index is -0.00407. The molecular formula is C14H22N2O2. The SMILES string of the molecule is CCNC(C)CC(=O)Nc1ccccc1OCC. The third-order valence-corrected chi connectivity index (χ3v) is 2.51. The van der Waals surface area contributed by atoms with Crippen molar-refractivity contribution in [2.45, 2.75) is 33.2 Å². The zero-order valence-corrected chi connectivity index (χ0v) is 11.3. The van der Waals surface area contributed by atoms with Crippen LogP contribution in [0.2, 0.25) is 0 Å². The minimum Gasteiger partial charge on any atom is -0.492 e. The first kappa shape index (κ1) is 14.5. The first-order chi connectivity index (χ1) is 8.67. The second-order valence-corrected chi connectivity index (χ2v) is 4.14.